The summed E-state index contributed by atoms with van der Waals surface area (Å²) in [6.07, 6.45) is 0.653. The van der Waals surface area contributed by atoms with Crippen molar-refractivity contribution in [3.8, 4) is 0 Å². The molecule has 0 bridgehead atoms. The Morgan fingerprint density at radius 3 is 2.55 bits per heavy atom. The van der Waals surface area contributed by atoms with Crippen LogP contribution in [0.2, 0.25) is 0 Å². The molecule has 1 aromatic carbocycles. The minimum atomic E-state index is -0.929. The summed E-state index contributed by atoms with van der Waals surface area (Å²) in [5, 5.41) is 1.77. The van der Waals surface area contributed by atoms with Gasteiger partial charge in [-0.3, -0.25) is 4.79 Å². The number of ether oxygens (including phenoxy) is 2. The van der Waals surface area contributed by atoms with Gasteiger partial charge in [-0.15, -0.1) is 0 Å². The fourth-order valence-electron chi connectivity index (χ4n) is 1.76. The summed E-state index contributed by atoms with van der Waals surface area (Å²) < 4.78 is 10.6. The molecule has 122 valence electrons. The molecule has 5 nitrogen and oxygen atoms in total. The first-order valence-electron chi connectivity index (χ1n) is 7.32. The van der Waals surface area contributed by atoms with E-state index in [4.69, 9.17) is 21.1 Å². The van der Waals surface area contributed by atoms with E-state index in [-0.39, 0.29) is 6.61 Å². The number of amides is 1. The first kappa shape index (κ1) is 18.5. The van der Waals surface area contributed by atoms with Crippen LogP contribution in [0.5, 0.6) is 0 Å². The van der Waals surface area contributed by atoms with Crippen LogP contribution in [0.4, 0.5) is 4.79 Å². The highest BCUT2D eigenvalue weighted by molar-refractivity contribution is 6.65. The summed E-state index contributed by atoms with van der Waals surface area (Å²) in [5.74, 6) is 0. The molecule has 1 amide bonds. The second-order valence-electron chi connectivity index (χ2n) is 4.92. The molecule has 0 radical (unpaired) electrons. The molecular formula is C16H22ClNO4. The van der Waals surface area contributed by atoms with Crippen LogP contribution in [0.25, 0.3) is 0 Å². The molecule has 0 heterocycles. The predicted molar refractivity (Wildman–Crippen MR) is 84.7 cm³/mol. The van der Waals surface area contributed by atoms with Crippen LogP contribution in [0, 0.1) is 0 Å². The van der Waals surface area contributed by atoms with Gasteiger partial charge in [-0.05, 0) is 30.5 Å². The summed E-state index contributed by atoms with van der Waals surface area (Å²) in [6.45, 7) is 4.37. The largest absolute Gasteiger partial charge is 0.445 e. The van der Waals surface area contributed by atoms with Gasteiger partial charge in [0.1, 0.15) is 12.6 Å². The van der Waals surface area contributed by atoms with E-state index in [0.29, 0.717) is 6.61 Å². The lowest BCUT2D eigenvalue weighted by Gasteiger charge is -2.21. The highest BCUT2D eigenvalue weighted by atomic mass is 35.5. The fourth-order valence-corrected chi connectivity index (χ4v) is 1.99. The second-order valence-corrected chi connectivity index (χ2v) is 5.29. The Morgan fingerprint density at radius 2 is 1.95 bits per heavy atom. The van der Waals surface area contributed by atoms with Gasteiger partial charge < -0.3 is 14.8 Å². The van der Waals surface area contributed by atoms with Crippen molar-refractivity contribution in [1.29, 1.82) is 0 Å². The van der Waals surface area contributed by atoms with Crippen molar-refractivity contribution in [3.05, 3.63) is 35.9 Å². The van der Waals surface area contributed by atoms with Gasteiger partial charge in [0.05, 0.1) is 6.10 Å². The smallest absolute Gasteiger partial charge is 0.408 e. The van der Waals surface area contributed by atoms with Gasteiger partial charge in [-0.2, -0.15) is 0 Å². The molecular weight excluding hydrogens is 306 g/mol. The maximum atomic E-state index is 11.8. The zero-order chi connectivity index (χ0) is 16.4. The van der Waals surface area contributed by atoms with Gasteiger partial charge >= 0.3 is 6.09 Å². The number of alkyl carbamates (subject to hydrolysis) is 1. The van der Waals surface area contributed by atoms with Crippen LogP contribution in [0.3, 0.4) is 0 Å². The van der Waals surface area contributed by atoms with Gasteiger partial charge in [0.15, 0.2) is 0 Å². The topological polar surface area (TPSA) is 64.6 Å². The normalized spacial score (nSPS) is 13.2. The molecule has 1 aromatic rings. The molecule has 22 heavy (non-hydrogen) atoms. The van der Waals surface area contributed by atoms with Crippen LogP contribution >= 0.6 is 11.6 Å². The minimum absolute atomic E-state index is 0.126. The van der Waals surface area contributed by atoms with Gasteiger partial charge in [0.25, 0.3) is 0 Å². The maximum absolute atomic E-state index is 11.8. The van der Waals surface area contributed by atoms with Gasteiger partial charge in [0, 0.05) is 6.61 Å². The molecule has 6 heteroatoms. The number of halogens is 1. The molecule has 2 atom stereocenters. The molecule has 0 saturated heterocycles. The van der Waals surface area contributed by atoms with Crippen molar-refractivity contribution >= 4 is 22.9 Å². The van der Waals surface area contributed by atoms with Crippen LogP contribution in [-0.4, -0.2) is 30.1 Å². The summed E-state index contributed by atoms with van der Waals surface area (Å²) in [4.78, 5) is 23.2. The Kier molecular flexibility index (Phi) is 8.55. The van der Waals surface area contributed by atoms with Crippen molar-refractivity contribution in [2.45, 2.75) is 45.4 Å². The first-order chi connectivity index (χ1) is 10.5. The number of nitrogens with one attached hydrogen (secondary N) is 1. The lowest BCUT2D eigenvalue weighted by Crippen LogP contribution is -2.47. The summed E-state index contributed by atoms with van der Waals surface area (Å²) in [7, 11) is 0. The molecule has 0 aromatic heterocycles. The zero-order valence-corrected chi connectivity index (χ0v) is 13.6. The number of carbonyl (C=O) groups is 2. The predicted octanol–water partition coefficient (Wildman–Crippen LogP) is 3.25. The van der Waals surface area contributed by atoms with Crippen LogP contribution in [-0.2, 0) is 20.9 Å². The van der Waals surface area contributed by atoms with E-state index in [1.54, 1.807) is 6.92 Å². The Balaban J connectivity index is 2.44. The standard InChI is InChI=1S/C16H22ClNO4/c1-3-4-10-21-12(2)14(15(17)19)18-16(20)22-11-13-8-6-5-7-9-13/h5-9,12,14H,3-4,10-11H2,1-2H3,(H,18,20). The van der Waals surface area contributed by atoms with Crippen LogP contribution in [0.15, 0.2) is 30.3 Å². The second kappa shape index (κ2) is 10.2. The number of carbonyl (C=O) groups excluding carboxylic acids is 2. The molecule has 1 rings (SSSR count). The molecule has 0 fully saturated rings. The average molecular weight is 328 g/mol. The number of unbranched alkanes of at least 4 members (excludes halogenated alkanes) is 1. The molecule has 1 N–H and O–H groups in total. The third-order valence-electron chi connectivity index (χ3n) is 3.08. The van der Waals surface area contributed by atoms with E-state index in [0.717, 1.165) is 18.4 Å². The average Bonchev–Trinajstić information content (AvgIpc) is 2.51. The van der Waals surface area contributed by atoms with E-state index in [1.165, 1.54) is 0 Å². The number of hydrogen-bond acceptors (Lipinski definition) is 4. The van der Waals surface area contributed by atoms with E-state index in [2.05, 4.69) is 5.32 Å². The monoisotopic (exact) mass is 327 g/mol. The molecule has 0 aliphatic heterocycles. The molecule has 2 unspecified atom stereocenters. The van der Waals surface area contributed by atoms with Crippen molar-refractivity contribution in [2.24, 2.45) is 0 Å². The quantitative estimate of drug-likeness (QED) is 0.558. The van der Waals surface area contributed by atoms with Gasteiger partial charge in [-0.25, -0.2) is 4.79 Å². The van der Waals surface area contributed by atoms with Gasteiger partial charge in [0.2, 0.25) is 5.24 Å². The van der Waals surface area contributed by atoms with Crippen LogP contribution < -0.4 is 5.32 Å². The Hall–Kier alpha value is -1.59. The van der Waals surface area contributed by atoms with E-state index < -0.39 is 23.5 Å². The Morgan fingerprint density at radius 1 is 1.27 bits per heavy atom. The fraction of sp³-hybridized carbons (Fsp3) is 0.500. The SMILES string of the molecule is CCCCOC(C)C(NC(=O)OCc1ccccc1)C(=O)Cl. The lowest BCUT2D eigenvalue weighted by atomic mass is 10.2. The first-order valence-corrected chi connectivity index (χ1v) is 7.70. The van der Waals surface area contributed by atoms with E-state index in [1.807, 2.05) is 37.3 Å². The summed E-state index contributed by atoms with van der Waals surface area (Å²) in [6, 6.07) is 8.33. The number of rotatable bonds is 9. The maximum Gasteiger partial charge on any atom is 0.408 e. The van der Waals surface area contributed by atoms with Crippen LogP contribution in [0.1, 0.15) is 32.3 Å². The van der Waals surface area contributed by atoms with E-state index in [9.17, 15) is 9.59 Å². The molecule has 0 spiro atoms. The number of benzene rings is 1. The third-order valence-corrected chi connectivity index (χ3v) is 3.31. The summed E-state index contributed by atoms with van der Waals surface area (Å²) >= 11 is 5.52. The third kappa shape index (κ3) is 6.91. The van der Waals surface area contributed by atoms with Crippen molar-refractivity contribution in [1.82, 2.24) is 5.32 Å². The van der Waals surface area contributed by atoms with Crippen molar-refractivity contribution in [2.75, 3.05) is 6.61 Å². The highest BCUT2D eigenvalue weighted by Gasteiger charge is 2.26. The molecule has 0 saturated carbocycles. The van der Waals surface area contributed by atoms with Crippen molar-refractivity contribution in [3.63, 3.8) is 0 Å². The number of hydrogen-bond donors (Lipinski definition) is 1. The van der Waals surface area contributed by atoms with E-state index >= 15 is 0 Å². The zero-order valence-electron chi connectivity index (χ0n) is 12.9. The lowest BCUT2D eigenvalue weighted by molar-refractivity contribution is -0.116. The van der Waals surface area contributed by atoms with Crippen molar-refractivity contribution < 1.29 is 19.1 Å². The highest BCUT2D eigenvalue weighted by Crippen LogP contribution is 2.06. The molecule has 0 aliphatic rings. The Bertz CT molecular complexity index is 466. The summed E-state index contributed by atoms with van der Waals surface area (Å²) in [5.41, 5.74) is 0.860. The minimum Gasteiger partial charge on any atom is -0.445 e. The molecule has 0 aliphatic carbocycles. The van der Waals surface area contributed by atoms with Gasteiger partial charge in [-0.1, -0.05) is 43.7 Å². The Labute approximate surface area is 135 Å².